The van der Waals surface area contributed by atoms with E-state index in [1.807, 2.05) is 0 Å². The van der Waals surface area contributed by atoms with Crippen molar-refractivity contribution in [3.63, 3.8) is 0 Å². The molecule has 1 aromatic rings. The van der Waals surface area contributed by atoms with Crippen molar-refractivity contribution in [2.45, 2.75) is 0 Å². The van der Waals surface area contributed by atoms with Gasteiger partial charge >= 0.3 is 5.97 Å². The molecule has 0 bridgehead atoms. The van der Waals surface area contributed by atoms with Crippen LogP contribution in [0.4, 0.5) is 10.1 Å². The van der Waals surface area contributed by atoms with E-state index in [0.717, 1.165) is 6.07 Å². The summed E-state index contributed by atoms with van der Waals surface area (Å²) in [4.78, 5) is 11.1. The normalized spacial score (nSPS) is 9.77. The summed E-state index contributed by atoms with van der Waals surface area (Å²) >= 11 is 2.92. The number of esters is 1. The van der Waals surface area contributed by atoms with Crippen molar-refractivity contribution in [1.82, 2.24) is 0 Å². The fraction of sp³-hybridized carbons (Fsp3) is 0.125. The van der Waals surface area contributed by atoms with E-state index < -0.39 is 11.8 Å². The van der Waals surface area contributed by atoms with E-state index in [1.165, 1.54) is 13.2 Å². The number of carbonyl (C=O) groups is 1. The SMILES string of the molecule is COC(=O)c1ccc(F)c(Br)c1N. The summed E-state index contributed by atoms with van der Waals surface area (Å²) in [7, 11) is 1.24. The predicted octanol–water partition coefficient (Wildman–Crippen LogP) is 1.96. The third kappa shape index (κ3) is 1.80. The standard InChI is InChI=1S/C8H7BrFNO2/c1-13-8(12)4-2-3-5(10)6(9)7(4)11/h2-3H,11H2,1H3. The zero-order valence-electron chi connectivity index (χ0n) is 6.80. The topological polar surface area (TPSA) is 52.3 Å². The highest BCUT2D eigenvalue weighted by Gasteiger charge is 2.14. The molecule has 0 unspecified atom stereocenters. The zero-order valence-corrected chi connectivity index (χ0v) is 8.39. The van der Waals surface area contributed by atoms with E-state index in [4.69, 9.17) is 5.73 Å². The molecule has 0 saturated carbocycles. The first-order chi connectivity index (χ1) is 6.07. The predicted molar refractivity (Wildman–Crippen MR) is 49.9 cm³/mol. The van der Waals surface area contributed by atoms with E-state index in [2.05, 4.69) is 20.7 Å². The van der Waals surface area contributed by atoms with Crippen LogP contribution in [0.1, 0.15) is 10.4 Å². The molecular formula is C8H7BrFNO2. The highest BCUT2D eigenvalue weighted by molar-refractivity contribution is 9.10. The van der Waals surface area contributed by atoms with Gasteiger partial charge in [-0.05, 0) is 28.1 Å². The van der Waals surface area contributed by atoms with Crippen LogP contribution < -0.4 is 5.73 Å². The average molecular weight is 248 g/mol. The lowest BCUT2D eigenvalue weighted by Crippen LogP contribution is -2.06. The first-order valence-corrected chi connectivity index (χ1v) is 4.19. The third-order valence-corrected chi connectivity index (χ3v) is 2.34. The van der Waals surface area contributed by atoms with Crippen molar-refractivity contribution >= 4 is 27.6 Å². The van der Waals surface area contributed by atoms with Crippen LogP contribution in [0, 0.1) is 5.82 Å². The highest BCUT2D eigenvalue weighted by atomic mass is 79.9. The molecule has 0 aliphatic rings. The van der Waals surface area contributed by atoms with Crippen LogP contribution in [0.3, 0.4) is 0 Å². The van der Waals surface area contributed by atoms with Gasteiger partial charge < -0.3 is 10.5 Å². The molecule has 3 nitrogen and oxygen atoms in total. The van der Waals surface area contributed by atoms with Gasteiger partial charge in [-0.15, -0.1) is 0 Å². The summed E-state index contributed by atoms with van der Waals surface area (Å²) in [6.45, 7) is 0. The first kappa shape index (κ1) is 9.98. The Morgan fingerprint density at radius 1 is 1.62 bits per heavy atom. The van der Waals surface area contributed by atoms with E-state index in [9.17, 15) is 9.18 Å². The van der Waals surface area contributed by atoms with E-state index >= 15 is 0 Å². The van der Waals surface area contributed by atoms with E-state index in [-0.39, 0.29) is 15.7 Å². The maximum absolute atomic E-state index is 12.8. The fourth-order valence-electron chi connectivity index (χ4n) is 0.854. The molecule has 0 aromatic heterocycles. The molecule has 1 aromatic carbocycles. The van der Waals surface area contributed by atoms with Crippen LogP contribution in [0.15, 0.2) is 16.6 Å². The monoisotopic (exact) mass is 247 g/mol. The largest absolute Gasteiger partial charge is 0.465 e. The number of anilines is 1. The molecule has 0 spiro atoms. The molecule has 0 radical (unpaired) electrons. The van der Waals surface area contributed by atoms with E-state index in [1.54, 1.807) is 0 Å². The van der Waals surface area contributed by atoms with Gasteiger partial charge in [-0.25, -0.2) is 9.18 Å². The number of hydrogen-bond donors (Lipinski definition) is 1. The van der Waals surface area contributed by atoms with Crippen LogP contribution in [-0.2, 0) is 4.74 Å². The van der Waals surface area contributed by atoms with Gasteiger partial charge in [-0.1, -0.05) is 0 Å². The molecule has 0 atom stereocenters. The summed E-state index contributed by atoms with van der Waals surface area (Å²) in [5.74, 6) is -1.09. The molecule has 0 heterocycles. The summed E-state index contributed by atoms with van der Waals surface area (Å²) in [5, 5.41) is 0. The van der Waals surface area contributed by atoms with Crippen molar-refractivity contribution in [1.29, 1.82) is 0 Å². The maximum atomic E-state index is 12.8. The second-order valence-corrected chi connectivity index (χ2v) is 3.11. The van der Waals surface area contributed by atoms with Gasteiger partial charge in [0.05, 0.1) is 22.8 Å². The number of ether oxygens (including phenoxy) is 1. The lowest BCUT2D eigenvalue weighted by atomic mass is 10.2. The minimum Gasteiger partial charge on any atom is -0.465 e. The molecule has 0 aliphatic carbocycles. The number of nitrogens with two attached hydrogens (primary N) is 1. The maximum Gasteiger partial charge on any atom is 0.339 e. The number of rotatable bonds is 1. The van der Waals surface area contributed by atoms with Gasteiger partial charge in [0, 0.05) is 0 Å². The molecule has 0 aliphatic heterocycles. The summed E-state index contributed by atoms with van der Waals surface area (Å²) in [5.41, 5.74) is 5.67. The molecule has 0 amide bonds. The molecule has 2 N–H and O–H groups in total. The van der Waals surface area contributed by atoms with Crippen molar-refractivity contribution in [3.8, 4) is 0 Å². The molecule has 1 rings (SSSR count). The summed E-state index contributed by atoms with van der Waals surface area (Å²) in [6, 6.07) is 2.42. The lowest BCUT2D eigenvalue weighted by molar-refractivity contribution is 0.0602. The first-order valence-electron chi connectivity index (χ1n) is 3.39. The number of nitrogen functional groups attached to an aromatic ring is 1. The summed E-state index contributed by atoms with van der Waals surface area (Å²) < 4.78 is 17.4. The molecule has 70 valence electrons. The lowest BCUT2D eigenvalue weighted by Gasteiger charge is -2.05. The fourth-order valence-corrected chi connectivity index (χ4v) is 1.20. The number of carbonyl (C=O) groups excluding carboxylic acids is 1. The number of halogens is 2. The van der Waals surface area contributed by atoms with E-state index in [0.29, 0.717) is 0 Å². The molecular weight excluding hydrogens is 241 g/mol. The highest BCUT2D eigenvalue weighted by Crippen LogP contribution is 2.26. The van der Waals surface area contributed by atoms with Gasteiger partial charge in [-0.3, -0.25) is 0 Å². The molecule has 0 saturated heterocycles. The van der Waals surface area contributed by atoms with Crippen LogP contribution in [0.5, 0.6) is 0 Å². The average Bonchev–Trinajstić information content (AvgIpc) is 2.13. The Hall–Kier alpha value is -1.10. The summed E-state index contributed by atoms with van der Waals surface area (Å²) in [6.07, 6.45) is 0. The Labute approximate surface area is 82.8 Å². The second kappa shape index (κ2) is 3.74. The number of benzene rings is 1. The third-order valence-electron chi connectivity index (χ3n) is 1.54. The molecule has 0 fully saturated rings. The molecule has 13 heavy (non-hydrogen) atoms. The minimum absolute atomic E-state index is 0.0480. The van der Waals surface area contributed by atoms with Crippen LogP contribution >= 0.6 is 15.9 Å². The minimum atomic E-state index is -0.585. The van der Waals surface area contributed by atoms with Crippen molar-refractivity contribution in [3.05, 3.63) is 28.0 Å². The smallest absolute Gasteiger partial charge is 0.339 e. The zero-order chi connectivity index (χ0) is 10.0. The Balaban J connectivity index is 3.26. The Morgan fingerprint density at radius 3 is 2.77 bits per heavy atom. The van der Waals surface area contributed by atoms with Crippen molar-refractivity contribution in [2.75, 3.05) is 12.8 Å². The Kier molecular flexibility index (Phi) is 2.87. The van der Waals surface area contributed by atoms with Crippen molar-refractivity contribution < 1.29 is 13.9 Å². The number of methoxy groups -OCH3 is 1. The van der Waals surface area contributed by atoms with Gasteiger partial charge in [0.2, 0.25) is 0 Å². The number of hydrogen-bond acceptors (Lipinski definition) is 3. The van der Waals surface area contributed by atoms with Crippen LogP contribution in [0.2, 0.25) is 0 Å². The van der Waals surface area contributed by atoms with Crippen LogP contribution in [-0.4, -0.2) is 13.1 Å². The van der Waals surface area contributed by atoms with Crippen molar-refractivity contribution in [2.24, 2.45) is 0 Å². The van der Waals surface area contributed by atoms with Gasteiger partial charge in [0.1, 0.15) is 5.82 Å². The van der Waals surface area contributed by atoms with Gasteiger partial charge in [0.25, 0.3) is 0 Å². The van der Waals surface area contributed by atoms with Gasteiger partial charge in [-0.2, -0.15) is 0 Å². The quantitative estimate of drug-likeness (QED) is 0.610. The Bertz CT molecular complexity index is 354. The van der Waals surface area contributed by atoms with Gasteiger partial charge in [0.15, 0.2) is 0 Å². The Morgan fingerprint density at radius 2 is 2.23 bits per heavy atom. The molecule has 5 heteroatoms. The van der Waals surface area contributed by atoms with Crippen LogP contribution in [0.25, 0.3) is 0 Å². The second-order valence-electron chi connectivity index (χ2n) is 2.31.